The molecule has 7 nitrogen and oxygen atoms in total. The van der Waals surface area contributed by atoms with Crippen LogP contribution in [0.2, 0.25) is 0 Å². The average Bonchev–Trinajstić information content (AvgIpc) is 3.57. The third-order valence-corrected chi connectivity index (χ3v) is 9.31. The highest BCUT2D eigenvalue weighted by Crippen LogP contribution is 2.49. The summed E-state index contributed by atoms with van der Waals surface area (Å²) in [5.41, 5.74) is 7.06. The highest BCUT2D eigenvalue weighted by atomic mass is 19.1. The molecule has 2 aromatic carbocycles. The van der Waals surface area contributed by atoms with Crippen LogP contribution in [-0.2, 0) is 16.1 Å². The minimum absolute atomic E-state index is 0.0615. The summed E-state index contributed by atoms with van der Waals surface area (Å²) >= 11 is 0. The number of oxazole rings is 1. The van der Waals surface area contributed by atoms with Gasteiger partial charge in [0.15, 0.2) is 11.4 Å². The van der Waals surface area contributed by atoms with Crippen LogP contribution in [0.5, 0.6) is 0 Å². The van der Waals surface area contributed by atoms with Crippen LogP contribution in [0.4, 0.5) is 4.39 Å². The number of benzene rings is 2. The van der Waals surface area contributed by atoms with E-state index in [1.54, 1.807) is 0 Å². The van der Waals surface area contributed by atoms with Crippen molar-refractivity contribution in [2.75, 3.05) is 19.6 Å². The Labute approximate surface area is 238 Å². The molecule has 0 amide bonds. The molecular weight excluding hydrogens is 521 g/mol. The third-order valence-electron chi connectivity index (χ3n) is 9.31. The number of carbonyl (C=O) groups excluding carboxylic acids is 1. The first kappa shape index (κ1) is 27.4. The second-order valence-corrected chi connectivity index (χ2v) is 12.1. The summed E-state index contributed by atoms with van der Waals surface area (Å²) in [5.74, 6) is -0.315. The van der Waals surface area contributed by atoms with Gasteiger partial charge in [0, 0.05) is 24.9 Å². The fraction of sp³-hybridized carbons (Fsp3) is 0.424. The van der Waals surface area contributed by atoms with Crippen LogP contribution < -0.4 is 5.76 Å². The SMILES string of the molecule is C=C(C)C1CC(=O)C(C)=C(C2(Cc3ccc(F)cc3)CCN(CC3CC(c4ccc5[nH]c(=O)oc5c4)=NO3)CC2)C1. The molecule has 2 atom stereocenters. The number of Topliss-reactive ketones (excluding diaryl/α,β-unsaturated/α-hetero) is 1. The van der Waals surface area contributed by atoms with Gasteiger partial charge in [-0.05, 0) is 99.4 Å². The normalized spacial score (nSPS) is 23.1. The first-order valence-corrected chi connectivity index (χ1v) is 14.4. The van der Waals surface area contributed by atoms with Crippen LogP contribution in [0.3, 0.4) is 0 Å². The molecule has 1 fully saturated rings. The van der Waals surface area contributed by atoms with Gasteiger partial charge in [0.2, 0.25) is 0 Å². The van der Waals surface area contributed by atoms with Gasteiger partial charge in [-0.15, -0.1) is 0 Å². The molecule has 1 saturated heterocycles. The topological polar surface area (TPSA) is 87.9 Å². The molecule has 6 rings (SSSR count). The summed E-state index contributed by atoms with van der Waals surface area (Å²) in [7, 11) is 0. The van der Waals surface area contributed by atoms with E-state index in [1.807, 2.05) is 44.2 Å². The fourth-order valence-electron chi connectivity index (χ4n) is 6.83. The molecule has 214 valence electrons. The Balaban J connectivity index is 1.16. The molecule has 0 radical (unpaired) electrons. The Morgan fingerprint density at radius 3 is 2.61 bits per heavy atom. The summed E-state index contributed by atoms with van der Waals surface area (Å²) in [6.07, 6.45) is 4.63. The van der Waals surface area contributed by atoms with Gasteiger partial charge >= 0.3 is 5.76 Å². The number of allylic oxidation sites excluding steroid dienone is 3. The molecule has 0 bridgehead atoms. The number of oxime groups is 1. The second-order valence-electron chi connectivity index (χ2n) is 12.1. The van der Waals surface area contributed by atoms with E-state index in [4.69, 9.17) is 9.25 Å². The predicted molar refractivity (Wildman–Crippen MR) is 156 cm³/mol. The molecule has 41 heavy (non-hydrogen) atoms. The van der Waals surface area contributed by atoms with Gasteiger partial charge in [-0.1, -0.05) is 41.1 Å². The molecule has 3 aromatic rings. The van der Waals surface area contributed by atoms with Gasteiger partial charge in [-0.2, -0.15) is 0 Å². The van der Waals surface area contributed by atoms with Crippen molar-refractivity contribution in [2.24, 2.45) is 16.5 Å². The molecule has 0 saturated carbocycles. The van der Waals surface area contributed by atoms with Gasteiger partial charge in [0.25, 0.3) is 0 Å². The first-order valence-electron chi connectivity index (χ1n) is 14.4. The molecule has 1 aliphatic carbocycles. The van der Waals surface area contributed by atoms with Crippen molar-refractivity contribution in [3.8, 4) is 0 Å². The van der Waals surface area contributed by atoms with Crippen molar-refractivity contribution >= 4 is 22.6 Å². The lowest BCUT2D eigenvalue weighted by atomic mass is 9.62. The maximum Gasteiger partial charge on any atom is 0.417 e. The average molecular weight is 558 g/mol. The van der Waals surface area contributed by atoms with Crippen molar-refractivity contribution in [3.63, 3.8) is 0 Å². The van der Waals surface area contributed by atoms with Gasteiger partial charge in [-0.25, -0.2) is 9.18 Å². The van der Waals surface area contributed by atoms with E-state index in [1.165, 1.54) is 17.7 Å². The molecule has 0 spiro atoms. The van der Waals surface area contributed by atoms with Crippen LogP contribution in [0, 0.1) is 17.2 Å². The first-order chi connectivity index (χ1) is 19.7. The van der Waals surface area contributed by atoms with Gasteiger partial charge < -0.3 is 9.25 Å². The Hall–Kier alpha value is -3.78. The summed E-state index contributed by atoms with van der Waals surface area (Å²) in [6, 6.07) is 12.4. The summed E-state index contributed by atoms with van der Waals surface area (Å²) in [6.45, 7) is 10.7. The number of hydrogen-bond donors (Lipinski definition) is 1. The number of ketones is 1. The fourth-order valence-corrected chi connectivity index (χ4v) is 6.83. The number of nitrogens with one attached hydrogen (secondary N) is 1. The van der Waals surface area contributed by atoms with E-state index in [0.29, 0.717) is 23.9 Å². The zero-order valence-corrected chi connectivity index (χ0v) is 23.7. The molecule has 2 unspecified atom stereocenters. The van der Waals surface area contributed by atoms with E-state index in [0.717, 1.165) is 73.3 Å². The van der Waals surface area contributed by atoms with E-state index in [-0.39, 0.29) is 29.0 Å². The Bertz CT molecular complexity index is 1610. The minimum atomic E-state index is -0.473. The number of hydrogen-bond acceptors (Lipinski definition) is 6. The van der Waals surface area contributed by atoms with Crippen LogP contribution in [-0.4, -0.2) is 47.1 Å². The van der Waals surface area contributed by atoms with Crippen LogP contribution in [0.25, 0.3) is 11.1 Å². The lowest BCUT2D eigenvalue weighted by Crippen LogP contribution is -2.46. The number of carbonyl (C=O) groups is 1. The number of likely N-dealkylation sites (tertiary alicyclic amines) is 1. The lowest BCUT2D eigenvalue weighted by molar-refractivity contribution is -0.116. The monoisotopic (exact) mass is 557 g/mol. The predicted octanol–water partition coefficient (Wildman–Crippen LogP) is 5.95. The van der Waals surface area contributed by atoms with Crippen LogP contribution in [0.15, 0.2) is 80.1 Å². The number of piperidine rings is 1. The number of aromatic nitrogens is 1. The number of fused-ring (bicyclic) bond motifs is 1. The van der Waals surface area contributed by atoms with E-state index in [2.05, 4.69) is 21.6 Å². The number of halogens is 1. The Kier molecular flexibility index (Phi) is 7.28. The zero-order chi connectivity index (χ0) is 28.7. The number of aromatic amines is 1. The van der Waals surface area contributed by atoms with Crippen molar-refractivity contribution < 1.29 is 18.4 Å². The number of nitrogens with zero attached hydrogens (tertiary/aromatic N) is 2. The molecule has 3 aliphatic rings. The summed E-state index contributed by atoms with van der Waals surface area (Å²) in [5, 5.41) is 4.35. The lowest BCUT2D eigenvalue weighted by Gasteiger charge is -2.46. The quantitative estimate of drug-likeness (QED) is 0.363. The largest absolute Gasteiger partial charge is 0.417 e. The zero-order valence-electron chi connectivity index (χ0n) is 23.7. The van der Waals surface area contributed by atoms with Crippen molar-refractivity contribution in [2.45, 2.75) is 58.5 Å². The van der Waals surface area contributed by atoms with E-state index >= 15 is 0 Å². The molecular formula is C33H36FN3O4. The summed E-state index contributed by atoms with van der Waals surface area (Å²) in [4.78, 5) is 35.5. The van der Waals surface area contributed by atoms with Gasteiger partial charge in [0.05, 0.1) is 11.2 Å². The molecule has 3 heterocycles. The molecule has 2 aliphatic heterocycles. The van der Waals surface area contributed by atoms with E-state index in [9.17, 15) is 14.0 Å². The minimum Gasteiger partial charge on any atom is -0.408 e. The standard InChI is InChI=1S/C33H36FN3O4/c1-20(2)24-14-27(21(3)30(38)15-24)33(18-22-4-7-25(34)8-5-22)10-12-37(13-11-33)19-26-17-29(36-41-26)23-6-9-28-31(16-23)40-32(39)35-28/h4-9,16,24,26H,1,10-15,17-19H2,2-3H3,(H,35,39). The maximum atomic E-state index is 13.7. The van der Waals surface area contributed by atoms with Crippen LogP contribution >= 0.6 is 0 Å². The molecule has 8 heteroatoms. The second kappa shape index (κ2) is 10.9. The molecule has 1 aromatic heterocycles. The van der Waals surface area contributed by atoms with Gasteiger partial charge in [0.1, 0.15) is 11.9 Å². The highest BCUT2D eigenvalue weighted by Gasteiger charge is 2.43. The third kappa shape index (κ3) is 5.58. The smallest absolute Gasteiger partial charge is 0.408 e. The van der Waals surface area contributed by atoms with E-state index < -0.39 is 5.76 Å². The van der Waals surface area contributed by atoms with Crippen LogP contribution in [0.1, 0.15) is 57.1 Å². The molecule has 1 N–H and O–H groups in total. The van der Waals surface area contributed by atoms with Crippen molar-refractivity contribution in [3.05, 3.63) is 93.3 Å². The Morgan fingerprint density at radius 2 is 1.88 bits per heavy atom. The number of rotatable bonds is 7. The van der Waals surface area contributed by atoms with Crippen molar-refractivity contribution in [1.82, 2.24) is 9.88 Å². The summed E-state index contributed by atoms with van der Waals surface area (Å²) < 4.78 is 18.9. The van der Waals surface area contributed by atoms with Gasteiger partial charge in [-0.3, -0.25) is 14.7 Å². The number of H-pyrrole nitrogens is 1. The Morgan fingerprint density at radius 1 is 1.12 bits per heavy atom. The van der Waals surface area contributed by atoms with Crippen molar-refractivity contribution in [1.29, 1.82) is 0 Å². The highest BCUT2D eigenvalue weighted by molar-refractivity contribution is 6.03. The maximum absolute atomic E-state index is 13.7.